The molecule has 0 saturated carbocycles. The first kappa shape index (κ1) is 17.0. The first-order chi connectivity index (χ1) is 12.1. The van der Waals surface area contributed by atoms with E-state index in [1.807, 2.05) is 0 Å². The van der Waals surface area contributed by atoms with E-state index >= 15 is 0 Å². The van der Waals surface area contributed by atoms with Crippen molar-refractivity contribution in [2.24, 2.45) is 0 Å². The van der Waals surface area contributed by atoms with Crippen LogP contribution in [-0.2, 0) is 12.1 Å². The van der Waals surface area contributed by atoms with Gasteiger partial charge in [-0.2, -0.15) is 5.10 Å². The van der Waals surface area contributed by atoms with Gasteiger partial charge in [-0.1, -0.05) is 29.7 Å². The molecular weight excluding hydrogens is 338 g/mol. The van der Waals surface area contributed by atoms with Gasteiger partial charge < -0.3 is 9.84 Å². The van der Waals surface area contributed by atoms with Crippen molar-refractivity contribution in [3.05, 3.63) is 71.8 Å². The Morgan fingerprint density at radius 3 is 2.32 bits per heavy atom. The second kappa shape index (κ2) is 7.39. The highest BCUT2D eigenvalue weighted by Crippen LogP contribution is 2.27. The SMILES string of the molecule is CC#CC(O)(Cn1cncn1)c1ccc(Oc2ccc(Cl)cc2)cc1. The number of nitrogens with zero attached hydrogens (tertiary/aromatic N) is 3. The Balaban J connectivity index is 1.81. The van der Waals surface area contributed by atoms with E-state index in [9.17, 15) is 5.11 Å². The lowest BCUT2D eigenvalue weighted by molar-refractivity contribution is 0.0758. The maximum atomic E-state index is 10.9. The predicted octanol–water partition coefficient (Wildman–Crippen LogP) is 3.63. The normalized spacial score (nSPS) is 12.8. The third kappa shape index (κ3) is 4.18. The summed E-state index contributed by atoms with van der Waals surface area (Å²) >= 11 is 5.87. The minimum atomic E-state index is -1.36. The van der Waals surface area contributed by atoms with Crippen molar-refractivity contribution < 1.29 is 9.84 Å². The fourth-order valence-corrected chi connectivity index (χ4v) is 2.52. The molecule has 0 saturated heterocycles. The number of hydrogen-bond donors (Lipinski definition) is 1. The van der Waals surface area contributed by atoms with Gasteiger partial charge in [0.1, 0.15) is 24.2 Å². The fraction of sp³-hybridized carbons (Fsp3) is 0.158. The third-order valence-electron chi connectivity index (χ3n) is 3.57. The summed E-state index contributed by atoms with van der Waals surface area (Å²) in [6, 6.07) is 14.2. The van der Waals surface area contributed by atoms with Crippen molar-refractivity contribution in [2.75, 3.05) is 0 Å². The smallest absolute Gasteiger partial charge is 0.170 e. The molecule has 1 atom stereocenters. The summed E-state index contributed by atoms with van der Waals surface area (Å²) in [6.45, 7) is 1.87. The highest BCUT2D eigenvalue weighted by Gasteiger charge is 2.28. The largest absolute Gasteiger partial charge is 0.457 e. The standard InChI is InChI=1S/C19H16ClN3O2/c1-2-11-19(24,12-23-14-21-13-22-23)15-3-7-17(8-4-15)25-18-9-5-16(20)6-10-18/h3-10,13-14,24H,12H2,1H3. The van der Waals surface area contributed by atoms with E-state index in [1.165, 1.54) is 6.33 Å². The molecule has 0 amide bonds. The molecule has 0 aliphatic heterocycles. The van der Waals surface area contributed by atoms with E-state index in [0.717, 1.165) is 0 Å². The molecule has 5 nitrogen and oxygen atoms in total. The van der Waals surface area contributed by atoms with Gasteiger partial charge in [0.05, 0.1) is 6.54 Å². The van der Waals surface area contributed by atoms with Crippen LogP contribution in [0.15, 0.2) is 61.2 Å². The van der Waals surface area contributed by atoms with E-state index in [0.29, 0.717) is 22.1 Å². The number of aromatic nitrogens is 3. The molecule has 3 rings (SSSR count). The van der Waals surface area contributed by atoms with Crippen molar-refractivity contribution in [2.45, 2.75) is 19.1 Å². The van der Waals surface area contributed by atoms with Crippen molar-refractivity contribution in [3.8, 4) is 23.3 Å². The van der Waals surface area contributed by atoms with Crippen LogP contribution in [0, 0.1) is 11.8 Å². The molecular formula is C19H16ClN3O2. The van der Waals surface area contributed by atoms with Gasteiger partial charge in [0.25, 0.3) is 0 Å². The average molecular weight is 354 g/mol. The number of hydrogen-bond acceptors (Lipinski definition) is 4. The van der Waals surface area contributed by atoms with E-state index in [1.54, 1.807) is 66.5 Å². The molecule has 1 aromatic heterocycles. The summed E-state index contributed by atoms with van der Waals surface area (Å²) in [5.74, 6) is 6.96. The number of aliphatic hydroxyl groups is 1. The van der Waals surface area contributed by atoms with Gasteiger partial charge in [-0.3, -0.25) is 0 Å². The van der Waals surface area contributed by atoms with E-state index in [4.69, 9.17) is 16.3 Å². The van der Waals surface area contributed by atoms with Crippen molar-refractivity contribution in [1.29, 1.82) is 0 Å². The monoisotopic (exact) mass is 353 g/mol. The Kier molecular flexibility index (Phi) is 5.03. The van der Waals surface area contributed by atoms with Crippen LogP contribution in [0.25, 0.3) is 0 Å². The molecule has 0 radical (unpaired) electrons. The van der Waals surface area contributed by atoms with Crippen molar-refractivity contribution in [1.82, 2.24) is 14.8 Å². The van der Waals surface area contributed by atoms with Crippen LogP contribution in [-0.4, -0.2) is 19.9 Å². The zero-order chi connectivity index (χ0) is 17.7. The minimum absolute atomic E-state index is 0.186. The maximum Gasteiger partial charge on any atom is 0.170 e. The first-order valence-corrected chi connectivity index (χ1v) is 7.99. The second-order valence-corrected chi connectivity index (χ2v) is 5.85. The number of rotatable bonds is 5. The van der Waals surface area contributed by atoms with Crippen LogP contribution < -0.4 is 4.74 Å². The first-order valence-electron chi connectivity index (χ1n) is 7.62. The van der Waals surface area contributed by atoms with Gasteiger partial charge in [-0.25, -0.2) is 9.67 Å². The molecule has 0 aliphatic rings. The number of ether oxygens (including phenoxy) is 1. The van der Waals surface area contributed by atoms with Gasteiger partial charge in [-0.15, -0.1) is 5.92 Å². The lowest BCUT2D eigenvalue weighted by Gasteiger charge is -2.23. The van der Waals surface area contributed by atoms with Gasteiger partial charge in [0.2, 0.25) is 0 Å². The van der Waals surface area contributed by atoms with E-state index < -0.39 is 5.60 Å². The van der Waals surface area contributed by atoms with E-state index in [2.05, 4.69) is 21.9 Å². The van der Waals surface area contributed by atoms with Crippen molar-refractivity contribution in [3.63, 3.8) is 0 Å². The number of halogens is 1. The van der Waals surface area contributed by atoms with Crippen LogP contribution in [0.5, 0.6) is 11.5 Å². The molecule has 1 unspecified atom stereocenters. The molecule has 126 valence electrons. The Bertz CT molecular complexity index is 881. The molecule has 0 fully saturated rings. The summed E-state index contributed by atoms with van der Waals surface area (Å²) in [6.07, 6.45) is 2.96. The highest BCUT2D eigenvalue weighted by molar-refractivity contribution is 6.30. The van der Waals surface area contributed by atoms with Crippen LogP contribution in [0.4, 0.5) is 0 Å². The van der Waals surface area contributed by atoms with Crippen LogP contribution in [0.1, 0.15) is 12.5 Å². The second-order valence-electron chi connectivity index (χ2n) is 5.41. The zero-order valence-electron chi connectivity index (χ0n) is 13.6. The number of benzene rings is 2. The van der Waals surface area contributed by atoms with Gasteiger partial charge in [0, 0.05) is 5.02 Å². The molecule has 1 heterocycles. The Morgan fingerprint density at radius 2 is 1.76 bits per heavy atom. The molecule has 0 spiro atoms. The quantitative estimate of drug-likeness (QED) is 0.711. The molecule has 3 aromatic rings. The molecule has 2 aromatic carbocycles. The minimum Gasteiger partial charge on any atom is -0.457 e. The van der Waals surface area contributed by atoms with Crippen molar-refractivity contribution >= 4 is 11.6 Å². The lowest BCUT2D eigenvalue weighted by Crippen LogP contribution is -2.30. The summed E-state index contributed by atoms with van der Waals surface area (Å²) in [5.41, 5.74) is -0.706. The Morgan fingerprint density at radius 1 is 1.12 bits per heavy atom. The van der Waals surface area contributed by atoms with Crippen LogP contribution in [0.3, 0.4) is 0 Å². The van der Waals surface area contributed by atoms with E-state index in [-0.39, 0.29) is 6.54 Å². The molecule has 1 N–H and O–H groups in total. The third-order valence-corrected chi connectivity index (χ3v) is 3.82. The van der Waals surface area contributed by atoms with Crippen LogP contribution in [0.2, 0.25) is 5.02 Å². The maximum absolute atomic E-state index is 10.9. The van der Waals surface area contributed by atoms with Crippen LogP contribution >= 0.6 is 11.6 Å². The predicted molar refractivity (Wildman–Crippen MR) is 95.3 cm³/mol. The topological polar surface area (TPSA) is 60.2 Å². The summed E-state index contributed by atoms with van der Waals surface area (Å²) in [5, 5.41) is 15.6. The molecule has 25 heavy (non-hydrogen) atoms. The van der Waals surface area contributed by atoms with Gasteiger partial charge >= 0.3 is 0 Å². The lowest BCUT2D eigenvalue weighted by atomic mass is 9.94. The summed E-state index contributed by atoms with van der Waals surface area (Å²) in [4.78, 5) is 3.89. The fourth-order valence-electron chi connectivity index (χ4n) is 2.40. The molecule has 0 bridgehead atoms. The average Bonchev–Trinajstić information content (AvgIpc) is 3.10. The molecule has 6 heteroatoms. The zero-order valence-corrected chi connectivity index (χ0v) is 14.3. The Labute approximate surface area is 150 Å². The Hall–Kier alpha value is -2.81. The summed E-state index contributed by atoms with van der Waals surface area (Å²) < 4.78 is 7.31. The summed E-state index contributed by atoms with van der Waals surface area (Å²) in [7, 11) is 0. The molecule has 0 aliphatic carbocycles. The van der Waals surface area contributed by atoms with Gasteiger partial charge in [-0.05, 0) is 48.9 Å². The van der Waals surface area contributed by atoms with Gasteiger partial charge in [0.15, 0.2) is 5.60 Å². The highest BCUT2D eigenvalue weighted by atomic mass is 35.5.